The second kappa shape index (κ2) is 7.05. The number of aliphatic hydroxyl groups is 1. The lowest BCUT2D eigenvalue weighted by Gasteiger charge is -2.05. The van der Waals surface area contributed by atoms with Crippen LogP contribution in [0, 0.1) is 0 Å². The predicted octanol–water partition coefficient (Wildman–Crippen LogP) is 3.64. The number of aromatic nitrogens is 5. The van der Waals surface area contributed by atoms with E-state index in [1.165, 1.54) is 0 Å². The summed E-state index contributed by atoms with van der Waals surface area (Å²) in [7, 11) is 0. The first-order valence-corrected chi connectivity index (χ1v) is 8.51. The topological polar surface area (TPSA) is 96.7 Å². The van der Waals surface area contributed by atoms with E-state index in [9.17, 15) is 9.90 Å². The van der Waals surface area contributed by atoms with Crippen molar-refractivity contribution in [3.8, 4) is 0 Å². The molecule has 134 valence electrons. The van der Waals surface area contributed by atoms with Crippen molar-refractivity contribution in [2.75, 3.05) is 0 Å². The molecular weight excluding hydrogens is 366 g/mol. The minimum Gasteiger partial charge on any atom is -0.507 e. The summed E-state index contributed by atoms with van der Waals surface area (Å²) in [5, 5.41) is 24.6. The van der Waals surface area contributed by atoms with Gasteiger partial charge in [-0.15, -0.1) is 10.2 Å². The number of H-pyrrole nitrogens is 1. The number of ketones is 1. The molecule has 4 aromatic rings. The summed E-state index contributed by atoms with van der Waals surface area (Å²) in [6.07, 6.45) is 2.87. The lowest BCUT2D eigenvalue weighted by molar-refractivity contribution is 0.103. The fourth-order valence-corrected chi connectivity index (χ4v) is 3.09. The molecule has 0 radical (unpaired) electrons. The Kier molecular flexibility index (Phi) is 4.43. The summed E-state index contributed by atoms with van der Waals surface area (Å²) in [6, 6.07) is 15.4. The number of aromatic amines is 1. The van der Waals surface area contributed by atoms with Crippen LogP contribution >= 0.6 is 11.6 Å². The van der Waals surface area contributed by atoms with Crippen LogP contribution in [0.1, 0.15) is 21.7 Å². The first-order valence-electron chi connectivity index (χ1n) is 8.13. The molecule has 8 heteroatoms. The number of benzene rings is 2. The largest absolute Gasteiger partial charge is 0.507 e. The van der Waals surface area contributed by atoms with Crippen LogP contribution in [0.3, 0.4) is 0 Å². The fraction of sp³-hybridized carbons (Fsp3) is 0.0526. The van der Waals surface area contributed by atoms with E-state index in [0.717, 1.165) is 22.5 Å². The summed E-state index contributed by atoms with van der Waals surface area (Å²) < 4.78 is 2.00. The molecule has 0 aliphatic heterocycles. The molecule has 2 heterocycles. The molecule has 0 fully saturated rings. The van der Waals surface area contributed by atoms with E-state index in [-0.39, 0.29) is 11.6 Å². The first kappa shape index (κ1) is 17.0. The smallest absolute Gasteiger partial charge is 0.244 e. The van der Waals surface area contributed by atoms with Gasteiger partial charge in [-0.25, -0.2) is 0 Å². The molecule has 2 aromatic heterocycles. The lowest BCUT2D eigenvalue weighted by Crippen LogP contribution is -1.99. The maximum absolute atomic E-state index is 12.1. The Balaban J connectivity index is 1.78. The lowest BCUT2D eigenvalue weighted by atomic mass is 10.1. The standard InChI is InChI=1S/C19H14ClN5O2/c20-13-6-7-16-14(8-13)15(11-25(16)10-12-4-2-1-3-5-12)17(26)9-18(27)19-21-23-24-22-19/h1-9,11,26H,10H2,(H,21,22,23,24)/b17-9+. The number of nitrogens with zero attached hydrogens (tertiary/aromatic N) is 4. The molecule has 7 nitrogen and oxygen atoms in total. The Morgan fingerprint density at radius 2 is 2.04 bits per heavy atom. The molecule has 0 atom stereocenters. The van der Waals surface area contributed by atoms with Crippen molar-refractivity contribution in [3.63, 3.8) is 0 Å². The van der Waals surface area contributed by atoms with Crippen LogP contribution in [0.4, 0.5) is 0 Å². The van der Waals surface area contributed by atoms with Crippen molar-refractivity contribution in [1.29, 1.82) is 0 Å². The van der Waals surface area contributed by atoms with Gasteiger partial charge in [0, 0.05) is 40.3 Å². The van der Waals surface area contributed by atoms with Gasteiger partial charge in [0.15, 0.2) is 0 Å². The molecular formula is C19H14ClN5O2. The van der Waals surface area contributed by atoms with Gasteiger partial charge in [-0.3, -0.25) is 4.79 Å². The van der Waals surface area contributed by atoms with E-state index in [4.69, 9.17) is 11.6 Å². The van der Waals surface area contributed by atoms with Crippen LogP contribution in [0.5, 0.6) is 0 Å². The molecule has 0 aliphatic rings. The van der Waals surface area contributed by atoms with E-state index >= 15 is 0 Å². The molecule has 4 rings (SSSR count). The first-order chi connectivity index (χ1) is 13.1. The monoisotopic (exact) mass is 379 g/mol. The minimum atomic E-state index is -0.549. The highest BCUT2D eigenvalue weighted by atomic mass is 35.5. The van der Waals surface area contributed by atoms with Gasteiger partial charge < -0.3 is 9.67 Å². The average Bonchev–Trinajstić information content (AvgIpc) is 3.31. The van der Waals surface area contributed by atoms with Crippen molar-refractivity contribution < 1.29 is 9.90 Å². The van der Waals surface area contributed by atoms with Gasteiger partial charge in [-0.05, 0) is 29.0 Å². The average molecular weight is 380 g/mol. The highest BCUT2D eigenvalue weighted by Gasteiger charge is 2.16. The highest BCUT2D eigenvalue weighted by molar-refractivity contribution is 6.31. The molecule has 0 saturated carbocycles. The zero-order valence-electron chi connectivity index (χ0n) is 14.0. The van der Waals surface area contributed by atoms with Crippen molar-refractivity contribution in [2.24, 2.45) is 0 Å². The molecule has 0 saturated heterocycles. The number of rotatable bonds is 5. The van der Waals surface area contributed by atoms with Crippen molar-refractivity contribution >= 4 is 34.0 Å². The van der Waals surface area contributed by atoms with Crippen LogP contribution in [0.15, 0.2) is 60.8 Å². The number of halogens is 1. The van der Waals surface area contributed by atoms with Gasteiger partial charge in [-0.1, -0.05) is 41.9 Å². The number of fused-ring (bicyclic) bond motifs is 1. The summed E-state index contributed by atoms with van der Waals surface area (Å²) in [5.74, 6) is -0.858. The number of nitrogens with one attached hydrogen (secondary N) is 1. The van der Waals surface area contributed by atoms with Crippen LogP contribution < -0.4 is 0 Å². The third-order valence-electron chi connectivity index (χ3n) is 4.15. The Hall–Kier alpha value is -3.45. The number of allylic oxidation sites excluding steroid dienone is 1. The Morgan fingerprint density at radius 1 is 1.22 bits per heavy atom. The van der Waals surface area contributed by atoms with Gasteiger partial charge in [0.1, 0.15) is 5.76 Å². The number of hydrogen-bond acceptors (Lipinski definition) is 5. The van der Waals surface area contributed by atoms with Gasteiger partial charge in [0.2, 0.25) is 11.6 Å². The van der Waals surface area contributed by atoms with E-state index in [1.54, 1.807) is 18.3 Å². The number of aliphatic hydroxyl groups excluding tert-OH is 1. The van der Waals surface area contributed by atoms with E-state index in [1.807, 2.05) is 41.0 Å². The Bertz CT molecular complexity index is 1130. The van der Waals surface area contributed by atoms with Crippen molar-refractivity contribution in [3.05, 3.63) is 82.8 Å². The molecule has 2 aromatic carbocycles. The normalized spacial score (nSPS) is 11.8. The summed E-state index contributed by atoms with van der Waals surface area (Å²) in [6.45, 7) is 0.616. The molecule has 0 aliphatic carbocycles. The summed E-state index contributed by atoms with van der Waals surface area (Å²) in [4.78, 5) is 12.1. The number of hydrogen-bond donors (Lipinski definition) is 2. The molecule has 2 N–H and O–H groups in total. The van der Waals surface area contributed by atoms with E-state index in [0.29, 0.717) is 17.1 Å². The highest BCUT2D eigenvalue weighted by Crippen LogP contribution is 2.29. The number of tetrazole rings is 1. The fourth-order valence-electron chi connectivity index (χ4n) is 2.92. The predicted molar refractivity (Wildman–Crippen MR) is 102 cm³/mol. The molecule has 0 spiro atoms. The van der Waals surface area contributed by atoms with Gasteiger partial charge in [-0.2, -0.15) is 5.21 Å². The Labute approximate surface area is 158 Å². The van der Waals surface area contributed by atoms with Crippen LogP contribution in [-0.4, -0.2) is 36.1 Å². The van der Waals surface area contributed by atoms with Crippen LogP contribution in [0.2, 0.25) is 5.02 Å². The van der Waals surface area contributed by atoms with E-state index in [2.05, 4.69) is 20.6 Å². The van der Waals surface area contributed by atoms with Crippen molar-refractivity contribution in [2.45, 2.75) is 6.54 Å². The van der Waals surface area contributed by atoms with E-state index < -0.39 is 5.78 Å². The van der Waals surface area contributed by atoms with Crippen LogP contribution in [0.25, 0.3) is 16.7 Å². The second-order valence-electron chi connectivity index (χ2n) is 5.95. The van der Waals surface area contributed by atoms with Crippen molar-refractivity contribution in [1.82, 2.24) is 25.2 Å². The maximum Gasteiger partial charge on any atom is 0.244 e. The summed E-state index contributed by atoms with van der Waals surface area (Å²) >= 11 is 6.14. The second-order valence-corrected chi connectivity index (χ2v) is 6.38. The zero-order valence-corrected chi connectivity index (χ0v) is 14.8. The zero-order chi connectivity index (χ0) is 18.8. The van der Waals surface area contributed by atoms with Gasteiger partial charge in [0.25, 0.3) is 0 Å². The SMILES string of the molecule is O=C(/C=C(/O)c1cn(Cc2ccccc2)c2ccc(Cl)cc12)c1nn[nH]n1. The quantitative estimate of drug-likeness (QED) is 0.313. The van der Waals surface area contributed by atoms with Gasteiger partial charge >= 0.3 is 0 Å². The third kappa shape index (κ3) is 3.45. The molecule has 27 heavy (non-hydrogen) atoms. The molecule has 0 amide bonds. The maximum atomic E-state index is 12.1. The van der Waals surface area contributed by atoms with Crippen LogP contribution in [-0.2, 0) is 6.54 Å². The third-order valence-corrected chi connectivity index (χ3v) is 4.38. The molecule has 0 bridgehead atoms. The minimum absolute atomic E-state index is 0.118. The number of carbonyl (C=O) groups is 1. The van der Waals surface area contributed by atoms with Gasteiger partial charge in [0.05, 0.1) is 0 Å². The molecule has 0 unspecified atom stereocenters. The number of carbonyl (C=O) groups excluding carboxylic acids is 1. The summed E-state index contributed by atoms with van der Waals surface area (Å²) in [5.41, 5.74) is 2.51. The Morgan fingerprint density at radius 3 is 2.78 bits per heavy atom.